The molecule has 5 rings (SSSR count). The van der Waals surface area contributed by atoms with Crippen molar-refractivity contribution in [2.24, 2.45) is 5.92 Å². The number of aliphatic carboxylic acids is 1. The molecule has 1 amide bonds. The number of ether oxygens (including phenoxy) is 1. The highest BCUT2D eigenvalue weighted by Crippen LogP contribution is 2.49. The summed E-state index contributed by atoms with van der Waals surface area (Å²) < 4.78 is 5.71. The van der Waals surface area contributed by atoms with Gasteiger partial charge in [-0.1, -0.05) is 48.5 Å². The Morgan fingerprint density at radius 1 is 1.06 bits per heavy atom. The number of nitrogens with one attached hydrogen (secondary N) is 1. The van der Waals surface area contributed by atoms with E-state index in [0.717, 1.165) is 21.6 Å². The van der Waals surface area contributed by atoms with Crippen LogP contribution in [-0.4, -0.2) is 23.8 Å². The van der Waals surface area contributed by atoms with Gasteiger partial charge in [-0.3, -0.25) is 4.79 Å². The van der Waals surface area contributed by atoms with Gasteiger partial charge in [-0.25, -0.2) is 4.79 Å². The molecule has 2 aromatic carbocycles. The summed E-state index contributed by atoms with van der Waals surface area (Å²) in [5.41, 5.74) is 5.09. The lowest BCUT2D eigenvalue weighted by molar-refractivity contribution is -0.148. The normalized spacial score (nSPS) is 21.6. The summed E-state index contributed by atoms with van der Waals surface area (Å²) in [6.07, 6.45) is 0.264. The molecule has 1 fully saturated rings. The molecule has 158 valence electrons. The highest BCUT2D eigenvalue weighted by Gasteiger charge is 2.51. The molecule has 1 saturated carbocycles. The van der Waals surface area contributed by atoms with Gasteiger partial charge < -0.3 is 15.2 Å². The van der Waals surface area contributed by atoms with Crippen molar-refractivity contribution in [3.63, 3.8) is 0 Å². The van der Waals surface area contributed by atoms with Crippen molar-refractivity contribution in [2.45, 2.75) is 31.2 Å². The predicted octanol–water partition coefficient (Wildman–Crippen LogP) is 5.29. The number of carbonyl (C=O) groups excluding carboxylic acids is 1. The van der Waals surface area contributed by atoms with Crippen molar-refractivity contribution >= 4 is 23.4 Å². The van der Waals surface area contributed by atoms with E-state index in [1.54, 1.807) is 11.3 Å². The smallest absolute Gasteiger partial charge is 0.407 e. The third kappa shape index (κ3) is 3.31. The van der Waals surface area contributed by atoms with Crippen LogP contribution in [0.15, 0.2) is 60.0 Å². The molecule has 2 aliphatic carbocycles. The maximum atomic E-state index is 12.8. The molecule has 0 aliphatic heterocycles. The molecule has 1 heterocycles. The quantitative estimate of drug-likeness (QED) is 0.574. The zero-order valence-corrected chi connectivity index (χ0v) is 17.9. The summed E-state index contributed by atoms with van der Waals surface area (Å²) in [7, 11) is 0. The lowest BCUT2D eigenvalue weighted by Crippen LogP contribution is -2.56. The van der Waals surface area contributed by atoms with Crippen LogP contribution in [0.1, 0.15) is 40.3 Å². The van der Waals surface area contributed by atoms with Crippen molar-refractivity contribution in [1.82, 2.24) is 5.32 Å². The van der Waals surface area contributed by atoms with E-state index in [-0.39, 0.29) is 12.5 Å². The van der Waals surface area contributed by atoms with E-state index in [4.69, 9.17) is 4.74 Å². The van der Waals surface area contributed by atoms with Crippen LogP contribution in [-0.2, 0) is 15.1 Å². The van der Waals surface area contributed by atoms with Crippen molar-refractivity contribution in [3.8, 4) is 11.1 Å². The fourth-order valence-corrected chi connectivity index (χ4v) is 6.10. The van der Waals surface area contributed by atoms with Gasteiger partial charge in [0.05, 0.1) is 11.5 Å². The van der Waals surface area contributed by atoms with Crippen LogP contribution in [0.3, 0.4) is 0 Å². The minimum absolute atomic E-state index is 0.00858. The van der Waals surface area contributed by atoms with Crippen molar-refractivity contribution in [3.05, 3.63) is 81.5 Å². The van der Waals surface area contributed by atoms with Gasteiger partial charge >= 0.3 is 12.1 Å². The van der Waals surface area contributed by atoms with Crippen LogP contribution < -0.4 is 5.32 Å². The first-order chi connectivity index (χ1) is 15.0. The first-order valence-electron chi connectivity index (χ1n) is 10.4. The van der Waals surface area contributed by atoms with E-state index in [0.29, 0.717) is 12.8 Å². The van der Waals surface area contributed by atoms with Gasteiger partial charge in [0.25, 0.3) is 0 Å². The van der Waals surface area contributed by atoms with Gasteiger partial charge in [-0.2, -0.15) is 0 Å². The number of carboxylic acids is 1. The second-order valence-electron chi connectivity index (χ2n) is 8.41. The lowest BCUT2D eigenvalue weighted by atomic mass is 9.67. The molecule has 0 unspecified atom stereocenters. The van der Waals surface area contributed by atoms with Crippen LogP contribution >= 0.6 is 11.3 Å². The Kier molecular flexibility index (Phi) is 4.82. The first-order valence-corrected chi connectivity index (χ1v) is 11.3. The Hall–Kier alpha value is -3.12. The molecule has 2 N–H and O–H groups in total. The van der Waals surface area contributed by atoms with E-state index < -0.39 is 23.5 Å². The van der Waals surface area contributed by atoms with Gasteiger partial charge in [0.15, 0.2) is 0 Å². The van der Waals surface area contributed by atoms with Crippen LogP contribution in [0.25, 0.3) is 11.1 Å². The molecule has 5 nitrogen and oxygen atoms in total. The van der Waals surface area contributed by atoms with Crippen LogP contribution in [0.4, 0.5) is 4.79 Å². The number of amides is 1. The number of aryl methyl sites for hydroxylation is 1. The molecule has 1 aromatic heterocycles. The molecule has 31 heavy (non-hydrogen) atoms. The van der Waals surface area contributed by atoms with Gasteiger partial charge in [0.2, 0.25) is 0 Å². The fourth-order valence-electron chi connectivity index (χ4n) is 4.99. The third-order valence-electron chi connectivity index (χ3n) is 6.52. The van der Waals surface area contributed by atoms with E-state index in [1.807, 2.05) is 42.6 Å². The molecule has 2 aliphatic rings. The fraction of sp³-hybridized carbons (Fsp3) is 0.280. The number of hydrogen-bond acceptors (Lipinski definition) is 4. The maximum absolute atomic E-state index is 12.8. The zero-order chi connectivity index (χ0) is 21.6. The largest absolute Gasteiger partial charge is 0.481 e. The van der Waals surface area contributed by atoms with Gasteiger partial charge in [0, 0.05) is 10.8 Å². The molecule has 0 atom stereocenters. The third-order valence-corrected chi connectivity index (χ3v) is 7.74. The monoisotopic (exact) mass is 433 g/mol. The SMILES string of the molecule is Cc1ccsc1C1(NC(=O)OCC2c3ccccc3-c3ccccc32)CC(C(=O)O)C1. The van der Waals surface area contributed by atoms with E-state index in [9.17, 15) is 14.7 Å². The van der Waals surface area contributed by atoms with E-state index in [1.165, 1.54) is 11.1 Å². The summed E-state index contributed by atoms with van der Waals surface area (Å²) >= 11 is 1.55. The van der Waals surface area contributed by atoms with Crippen LogP contribution in [0, 0.1) is 12.8 Å². The lowest BCUT2D eigenvalue weighted by Gasteiger charge is -2.46. The second kappa shape index (κ2) is 7.54. The van der Waals surface area contributed by atoms with Crippen molar-refractivity contribution < 1.29 is 19.4 Å². The molecule has 6 heteroatoms. The minimum atomic E-state index is -0.820. The Bertz CT molecular complexity index is 1120. The molecule has 3 aromatic rings. The topological polar surface area (TPSA) is 75.6 Å². The number of benzene rings is 2. The second-order valence-corrected chi connectivity index (χ2v) is 9.32. The summed E-state index contributed by atoms with van der Waals surface area (Å²) in [4.78, 5) is 25.3. The number of carbonyl (C=O) groups is 2. The number of carboxylic acid groups (broad SMARTS) is 1. The summed E-state index contributed by atoms with van der Waals surface area (Å²) in [6, 6.07) is 18.4. The average Bonchev–Trinajstić information content (AvgIpc) is 3.30. The molecule has 0 spiro atoms. The number of hydrogen-bond donors (Lipinski definition) is 2. The Balaban J connectivity index is 1.33. The maximum Gasteiger partial charge on any atom is 0.407 e. The number of thiophene rings is 1. The van der Waals surface area contributed by atoms with Gasteiger partial charge in [-0.15, -0.1) is 11.3 Å². The molecule has 0 radical (unpaired) electrons. The molecule has 0 bridgehead atoms. The molecule has 0 saturated heterocycles. The molecular weight excluding hydrogens is 410 g/mol. The Morgan fingerprint density at radius 3 is 2.23 bits per heavy atom. The molecular formula is C25H23NO4S. The number of rotatable bonds is 5. The van der Waals surface area contributed by atoms with Crippen LogP contribution in [0.5, 0.6) is 0 Å². The Labute approximate surface area is 184 Å². The summed E-state index contributed by atoms with van der Waals surface area (Å²) in [5.74, 6) is -1.28. The van der Waals surface area contributed by atoms with Crippen molar-refractivity contribution in [1.29, 1.82) is 0 Å². The average molecular weight is 434 g/mol. The highest BCUT2D eigenvalue weighted by molar-refractivity contribution is 7.10. The standard InChI is InChI=1S/C25H23NO4S/c1-15-10-11-31-22(15)25(12-16(13-25)23(27)28)26-24(29)30-14-21-19-8-4-2-6-17(19)18-7-3-5-9-20(18)21/h2-11,16,21H,12-14H2,1H3,(H,26,29)(H,27,28). The Morgan fingerprint density at radius 2 is 1.68 bits per heavy atom. The van der Waals surface area contributed by atoms with E-state index in [2.05, 4.69) is 29.6 Å². The van der Waals surface area contributed by atoms with Gasteiger partial charge in [-0.05, 0) is 59.0 Å². The van der Waals surface area contributed by atoms with Gasteiger partial charge in [0.1, 0.15) is 6.61 Å². The summed E-state index contributed by atoms with van der Waals surface area (Å²) in [6.45, 7) is 2.23. The van der Waals surface area contributed by atoms with Crippen LogP contribution in [0.2, 0.25) is 0 Å². The number of fused-ring (bicyclic) bond motifs is 3. The highest BCUT2D eigenvalue weighted by atomic mass is 32.1. The minimum Gasteiger partial charge on any atom is -0.481 e. The van der Waals surface area contributed by atoms with E-state index >= 15 is 0 Å². The van der Waals surface area contributed by atoms with Crippen molar-refractivity contribution in [2.75, 3.05) is 6.61 Å². The summed E-state index contributed by atoms with van der Waals surface area (Å²) in [5, 5.41) is 14.3. The number of alkyl carbamates (subject to hydrolysis) is 1. The first kappa shape index (κ1) is 19.8. The zero-order valence-electron chi connectivity index (χ0n) is 17.1. The predicted molar refractivity (Wildman–Crippen MR) is 119 cm³/mol.